The Hall–Kier alpha value is -3.28. The first-order valence-electron chi connectivity index (χ1n) is 9.79. The Morgan fingerprint density at radius 1 is 0.897 bits per heavy atom. The molecule has 0 aromatic heterocycles. The Kier molecular flexibility index (Phi) is 3.91. The van der Waals surface area contributed by atoms with E-state index in [9.17, 15) is 19.2 Å². The van der Waals surface area contributed by atoms with Gasteiger partial charge in [0.25, 0.3) is 5.91 Å². The molecule has 1 N–H and O–H groups in total. The van der Waals surface area contributed by atoms with Crippen molar-refractivity contribution in [3.63, 3.8) is 0 Å². The molecule has 2 aromatic carbocycles. The van der Waals surface area contributed by atoms with E-state index in [1.54, 1.807) is 17.0 Å². The number of hydrogen-bond donors (Lipinski definition) is 1. The fourth-order valence-corrected chi connectivity index (χ4v) is 5.25. The van der Waals surface area contributed by atoms with E-state index >= 15 is 0 Å². The zero-order chi connectivity index (χ0) is 20.3. The van der Waals surface area contributed by atoms with Crippen LogP contribution >= 0.6 is 0 Å². The van der Waals surface area contributed by atoms with Crippen LogP contribution in [0.15, 0.2) is 54.6 Å². The van der Waals surface area contributed by atoms with Crippen molar-refractivity contribution in [2.75, 3.05) is 0 Å². The largest absolute Gasteiger partial charge is 0.327 e. The summed E-state index contributed by atoms with van der Waals surface area (Å²) in [5.41, 5.74) is 2.36. The molecule has 4 aliphatic rings. The van der Waals surface area contributed by atoms with Crippen molar-refractivity contribution in [1.82, 2.24) is 10.2 Å². The van der Waals surface area contributed by atoms with Crippen LogP contribution in [0, 0.1) is 24.7 Å². The van der Waals surface area contributed by atoms with Crippen molar-refractivity contribution in [3.05, 3.63) is 71.3 Å². The maximum absolute atomic E-state index is 13.6. The van der Waals surface area contributed by atoms with Gasteiger partial charge >= 0.3 is 0 Å². The lowest BCUT2D eigenvalue weighted by Gasteiger charge is -2.54. The number of nitrogens with zero attached hydrogens (tertiary/aromatic N) is 1. The molecule has 5 atom stereocenters. The van der Waals surface area contributed by atoms with Crippen LogP contribution < -0.4 is 5.32 Å². The van der Waals surface area contributed by atoms with Crippen molar-refractivity contribution >= 4 is 23.5 Å². The quantitative estimate of drug-likeness (QED) is 0.798. The minimum absolute atomic E-state index is 0.0529. The molecule has 6 nitrogen and oxygen atoms in total. The Morgan fingerprint density at radius 2 is 1.55 bits per heavy atom. The molecule has 3 heterocycles. The average molecular weight is 388 g/mol. The zero-order valence-electron chi connectivity index (χ0n) is 15.9. The van der Waals surface area contributed by atoms with Crippen molar-refractivity contribution in [2.24, 2.45) is 17.8 Å². The Morgan fingerprint density at radius 3 is 2.24 bits per heavy atom. The molecule has 0 radical (unpaired) electrons. The molecule has 1 aliphatic carbocycles. The van der Waals surface area contributed by atoms with Gasteiger partial charge < -0.3 is 4.90 Å². The highest BCUT2D eigenvalue weighted by Gasteiger charge is 2.65. The predicted octanol–water partition coefficient (Wildman–Crippen LogP) is 2.04. The third-order valence-corrected chi connectivity index (χ3v) is 6.49. The molecule has 1 unspecified atom stereocenters. The normalized spacial score (nSPS) is 30.3. The number of carbonyl (C=O) groups is 4. The maximum atomic E-state index is 13.6. The highest BCUT2D eigenvalue weighted by atomic mass is 16.2. The van der Waals surface area contributed by atoms with Gasteiger partial charge in [-0.15, -0.1) is 0 Å². The zero-order valence-corrected chi connectivity index (χ0v) is 15.9. The van der Waals surface area contributed by atoms with E-state index in [0.717, 1.165) is 11.1 Å². The number of benzene rings is 2. The number of hydrogen-bond acceptors (Lipinski definition) is 4. The molecular formula is C23H20N2O4. The summed E-state index contributed by atoms with van der Waals surface area (Å²) in [6.45, 7) is 1.95. The molecule has 3 saturated heterocycles. The van der Waals surface area contributed by atoms with Crippen LogP contribution in [0.5, 0.6) is 0 Å². The van der Waals surface area contributed by atoms with Gasteiger partial charge in [-0.2, -0.15) is 0 Å². The van der Waals surface area contributed by atoms with Crippen LogP contribution in [0.1, 0.15) is 33.9 Å². The van der Waals surface area contributed by atoms with Gasteiger partial charge in [-0.3, -0.25) is 24.5 Å². The Balaban J connectivity index is 1.66. The smallest absolute Gasteiger partial charge is 0.254 e. The van der Waals surface area contributed by atoms with Gasteiger partial charge in [0, 0.05) is 12.0 Å². The fourth-order valence-electron chi connectivity index (χ4n) is 5.25. The highest BCUT2D eigenvalue weighted by Crippen LogP contribution is 2.53. The minimum atomic E-state index is -0.715. The minimum Gasteiger partial charge on any atom is -0.327 e. The number of imide groups is 1. The first-order valence-corrected chi connectivity index (χ1v) is 9.79. The summed E-state index contributed by atoms with van der Waals surface area (Å²) in [7, 11) is 0. The molecule has 0 spiro atoms. The van der Waals surface area contributed by atoms with E-state index in [-0.39, 0.29) is 24.0 Å². The van der Waals surface area contributed by atoms with Crippen molar-refractivity contribution in [1.29, 1.82) is 0 Å². The molecular weight excluding hydrogens is 368 g/mol. The van der Waals surface area contributed by atoms with Gasteiger partial charge in [0.1, 0.15) is 5.78 Å². The van der Waals surface area contributed by atoms with Crippen LogP contribution in [0.4, 0.5) is 0 Å². The van der Waals surface area contributed by atoms with Crippen molar-refractivity contribution in [3.8, 4) is 0 Å². The fraction of sp³-hybridized carbons (Fsp3) is 0.304. The van der Waals surface area contributed by atoms with E-state index < -0.39 is 35.7 Å². The number of piperidine rings is 2. The summed E-state index contributed by atoms with van der Waals surface area (Å²) in [4.78, 5) is 53.3. The molecule has 2 aromatic rings. The molecule has 146 valence electrons. The second kappa shape index (κ2) is 6.37. The van der Waals surface area contributed by atoms with E-state index in [2.05, 4.69) is 5.32 Å². The molecule has 3 aliphatic heterocycles. The number of carbonyl (C=O) groups excluding carboxylic acids is 4. The van der Waals surface area contributed by atoms with Crippen LogP contribution in [-0.4, -0.2) is 34.4 Å². The monoisotopic (exact) mass is 388 g/mol. The number of Topliss-reactive ketones (excluding diaryl/α,β-unsaturated/α-hetero) is 1. The number of fused-ring (bicyclic) bond motifs is 2. The number of amides is 3. The van der Waals surface area contributed by atoms with Gasteiger partial charge in [0.15, 0.2) is 0 Å². The molecule has 4 fully saturated rings. The third kappa shape index (κ3) is 2.55. The Labute approximate surface area is 167 Å². The van der Waals surface area contributed by atoms with Gasteiger partial charge in [0.05, 0.1) is 29.8 Å². The molecule has 6 rings (SSSR count). The second-order valence-electron chi connectivity index (χ2n) is 8.10. The number of ketones is 1. The topological polar surface area (TPSA) is 83.6 Å². The standard InChI is InChI=1S/C23H20N2O4/c1-12-7-9-14(10-8-12)23(29)25-15-11-16(26)18(19-17(15)21(27)24-22(19)28)20(25)13-5-3-2-4-6-13/h2-10,15,17-20H,11H2,1H3,(H,24,27,28)/t15-,17+,18+,19-,20?/m1/s1. The van der Waals surface area contributed by atoms with Crippen LogP contribution in [0.3, 0.4) is 0 Å². The number of aryl methyl sites for hydroxylation is 1. The van der Waals surface area contributed by atoms with E-state index in [0.29, 0.717) is 5.56 Å². The SMILES string of the molecule is Cc1ccc(C(=O)N2C(c3ccccc3)[C@H]3C(=O)C[C@@H]2[C@@H]2C(=O)NC(=O)[C@H]23)cc1. The lowest BCUT2D eigenvalue weighted by atomic mass is 9.60. The summed E-state index contributed by atoms with van der Waals surface area (Å²) in [5.74, 6) is -3.13. The Bertz CT molecular complexity index is 1030. The first kappa shape index (κ1) is 17.8. The molecule has 2 bridgehead atoms. The van der Waals surface area contributed by atoms with Crippen LogP contribution in [0.25, 0.3) is 0 Å². The molecule has 29 heavy (non-hydrogen) atoms. The summed E-state index contributed by atoms with van der Waals surface area (Å²) in [5, 5.41) is 2.39. The third-order valence-electron chi connectivity index (χ3n) is 6.49. The van der Waals surface area contributed by atoms with Gasteiger partial charge in [-0.25, -0.2) is 0 Å². The summed E-state index contributed by atoms with van der Waals surface area (Å²) in [6, 6.07) is 15.4. The molecule has 1 saturated carbocycles. The average Bonchev–Trinajstić information content (AvgIpc) is 3.03. The maximum Gasteiger partial charge on any atom is 0.254 e. The van der Waals surface area contributed by atoms with Gasteiger partial charge in [-0.1, -0.05) is 48.0 Å². The van der Waals surface area contributed by atoms with Crippen molar-refractivity contribution < 1.29 is 19.2 Å². The summed E-state index contributed by atoms with van der Waals surface area (Å²) in [6.07, 6.45) is 0.105. The lowest BCUT2D eigenvalue weighted by molar-refractivity contribution is -0.153. The highest BCUT2D eigenvalue weighted by molar-refractivity contribution is 6.10. The van der Waals surface area contributed by atoms with Crippen LogP contribution in [-0.2, 0) is 14.4 Å². The lowest BCUT2D eigenvalue weighted by Crippen LogP contribution is -2.64. The first-order chi connectivity index (χ1) is 14.0. The number of rotatable bonds is 2. The van der Waals surface area contributed by atoms with Crippen LogP contribution in [0.2, 0.25) is 0 Å². The van der Waals surface area contributed by atoms with E-state index in [4.69, 9.17) is 0 Å². The van der Waals surface area contributed by atoms with E-state index in [1.807, 2.05) is 49.4 Å². The summed E-state index contributed by atoms with van der Waals surface area (Å²) >= 11 is 0. The predicted molar refractivity (Wildman–Crippen MR) is 104 cm³/mol. The van der Waals surface area contributed by atoms with Gasteiger partial charge in [0.2, 0.25) is 11.8 Å². The van der Waals surface area contributed by atoms with Gasteiger partial charge in [-0.05, 0) is 24.6 Å². The molecule has 6 heteroatoms. The van der Waals surface area contributed by atoms with E-state index in [1.165, 1.54) is 0 Å². The molecule has 3 amide bonds. The van der Waals surface area contributed by atoms with Crippen molar-refractivity contribution in [2.45, 2.75) is 25.4 Å². The second-order valence-corrected chi connectivity index (χ2v) is 8.10. The summed E-state index contributed by atoms with van der Waals surface area (Å²) < 4.78 is 0. The number of nitrogens with one attached hydrogen (secondary N) is 1.